The number of rotatable bonds is 7. The lowest BCUT2D eigenvalue weighted by molar-refractivity contribution is 0.524. The molecule has 3 heteroatoms. The van der Waals surface area contributed by atoms with Gasteiger partial charge in [0.2, 0.25) is 0 Å². The minimum atomic E-state index is -0.382. The van der Waals surface area contributed by atoms with Gasteiger partial charge in [0.15, 0.2) is 5.69 Å². The molecule has 0 amide bonds. The summed E-state index contributed by atoms with van der Waals surface area (Å²) in [6.07, 6.45) is 5.87. The SMILES string of the molecule is CCCCCc1cc(-c2ccccc2)oc(=O)c1N=Cc1ccccc1C. The van der Waals surface area contributed by atoms with Gasteiger partial charge in [-0.15, -0.1) is 0 Å². The van der Waals surface area contributed by atoms with E-state index in [0.29, 0.717) is 11.4 Å². The molecule has 0 radical (unpaired) electrons. The third-order valence-electron chi connectivity index (χ3n) is 4.63. The van der Waals surface area contributed by atoms with E-state index in [2.05, 4.69) is 11.9 Å². The van der Waals surface area contributed by atoms with Crippen molar-refractivity contribution in [2.45, 2.75) is 39.5 Å². The molecule has 138 valence electrons. The highest BCUT2D eigenvalue weighted by Gasteiger charge is 2.12. The highest BCUT2D eigenvalue weighted by Crippen LogP contribution is 2.25. The van der Waals surface area contributed by atoms with Gasteiger partial charge in [-0.05, 0) is 42.5 Å². The van der Waals surface area contributed by atoms with Crippen LogP contribution >= 0.6 is 0 Å². The predicted molar refractivity (Wildman–Crippen MR) is 112 cm³/mol. The molecule has 0 fully saturated rings. The second-order valence-corrected chi connectivity index (χ2v) is 6.71. The maximum atomic E-state index is 12.7. The quantitative estimate of drug-likeness (QED) is 0.378. The summed E-state index contributed by atoms with van der Waals surface area (Å²) in [6, 6.07) is 19.7. The lowest BCUT2D eigenvalue weighted by Gasteiger charge is -2.08. The summed E-state index contributed by atoms with van der Waals surface area (Å²) < 4.78 is 5.59. The zero-order valence-corrected chi connectivity index (χ0v) is 15.9. The van der Waals surface area contributed by atoms with Gasteiger partial charge in [0.25, 0.3) is 0 Å². The molecule has 0 atom stereocenters. The van der Waals surface area contributed by atoms with Gasteiger partial charge in [-0.3, -0.25) is 0 Å². The first kappa shape index (κ1) is 18.8. The molecule has 2 aromatic carbocycles. The number of aliphatic imine (C=N–C) groups is 1. The van der Waals surface area contributed by atoms with E-state index in [4.69, 9.17) is 4.42 Å². The van der Waals surface area contributed by atoms with Gasteiger partial charge in [-0.25, -0.2) is 9.79 Å². The van der Waals surface area contributed by atoms with Crippen molar-refractivity contribution < 1.29 is 4.42 Å². The Morgan fingerprint density at radius 2 is 1.74 bits per heavy atom. The Labute approximate surface area is 160 Å². The van der Waals surface area contributed by atoms with Crippen LogP contribution in [0, 0.1) is 6.92 Å². The second-order valence-electron chi connectivity index (χ2n) is 6.71. The standard InChI is InChI=1S/C24H25NO2/c1-3-4-6-14-20-16-22(19-12-7-5-8-13-19)27-24(26)23(20)25-17-21-15-10-9-11-18(21)2/h5,7-13,15-17H,3-4,6,14H2,1-2H3. The summed E-state index contributed by atoms with van der Waals surface area (Å²) in [5.41, 5.74) is 4.01. The van der Waals surface area contributed by atoms with Gasteiger partial charge >= 0.3 is 5.63 Å². The minimum absolute atomic E-state index is 0.382. The highest BCUT2D eigenvalue weighted by molar-refractivity contribution is 5.84. The molecule has 0 aliphatic carbocycles. The molecule has 3 rings (SSSR count). The summed E-state index contributed by atoms with van der Waals surface area (Å²) in [7, 11) is 0. The summed E-state index contributed by atoms with van der Waals surface area (Å²) in [5.74, 6) is 0.599. The van der Waals surface area contributed by atoms with Crippen LogP contribution in [0.4, 0.5) is 5.69 Å². The number of benzene rings is 2. The molecule has 0 aliphatic rings. The molecule has 1 aromatic heterocycles. The highest BCUT2D eigenvalue weighted by atomic mass is 16.4. The molecule has 0 saturated heterocycles. The summed E-state index contributed by atoms with van der Waals surface area (Å²) >= 11 is 0. The fourth-order valence-electron chi connectivity index (χ4n) is 3.04. The van der Waals surface area contributed by atoms with E-state index in [1.54, 1.807) is 6.21 Å². The van der Waals surface area contributed by atoms with E-state index in [-0.39, 0.29) is 5.63 Å². The fourth-order valence-corrected chi connectivity index (χ4v) is 3.04. The summed E-state index contributed by atoms with van der Waals surface area (Å²) in [6.45, 7) is 4.20. The Kier molecular flexibility index (Phi) is 6.37. The maximum Gasteiger partial charge on any atom is 0.362 e. The van der Waals surface area contributed by atoms with E-state index in [1.165, 1.54) is 0 Å². The van der Waals surface area contributed by atoms with Gasteiger partial charge in [0.05, 0.1) is 0 Å². The molecule has 1 heterocycles. The molecule has 0 aliphatic heterocycles. The van der Waals surface area contributed by atoms with Crippen molar-refractivity contribution in [1.82, 2.24) is 0 Å². The van der Waals surface area contributed by atoms with Crippen LogP contribution in [-0.2, 0) is 6.42 Å². The van der Waals surface area contributed by atoms with Gasteiger partial charge < -0.3 is 4.42 Å². The largest absolute Gasteiger partial charge is 0.421 e. The molecular formula is C24H25NO2. The Morgan fingerprint density at radius 3 is 2.48 bits per heavy atom. The third-order valence-corrected chi connectivity index (χ3v) is 4.63. The number of aryl methyl sites for hydroxylation is 2. The Bertz CT molecular complexity index is 971. The zero-order valence-electron chi connectivity index (χ0n) is 15.9. The number of nitrogens with zero attached hydrogens (tertiary/aromatic N) is 1. The van der Waals surface area contributed by atoms with Crippen LogP contribution in [-0.4, -0.2) is 6.21 Å². The van der Waals surface area contributed by atoms with E-state index in [1.807, 2.05) is 67.6 Å². The van der Waals surface area contributed by atoms with Crippen molar-refractivity contribution in [3.8, 4) is 11.3 Å². The fraction of sp³-hybridized carbons (Fsp3) is 0.250. The topological polar surface area (TPSA) is 42.6 Å². The monoisotopic (exact) mass is 359 g/mol. The molecule has 0 spiro atoms. The van der Waals surface area contributed by atoms with Gasteiger partial charge in [-0.1, -0.05) is 74.4 Å². The first-order valence-electron chi connectivity index (χ1n) is 9.51. The molecule has 0 saturated carbocycles. The molecule has 0 bridgehead atoms. The van der Waals surface area contributed by atoms with E-state index < -0.39 is 0 Å². The van der Waals surface area contributed by atoms with Crippen molar-refractivity contribution in [2.24, 2.45) is 4.99 Å². The van der Waals surface area contributed by atoms with Crippen LogP contribution in [0.15, 0.2) is 74.9 Å². The van der Waals surface area contributed by atoms with Crippen molar-refractivity contribution in [3.63, 3.8) is 0 Å². The lowest BCUT2D eigenvalue weighted by atomic mass is 10.0. The normalized spacial score (nSPS) is 11.2. The molecule has 0 unspecified atom stereocenters. The summed E-state index contributed by atoms with van der Waals surface area (Å²) in [4.78, 5) is 17.2. The van der Waals surface area contributed by atoms with Crippen molar-refractivity contribution in [1.29, 1.82) is 0 Å². The van der Waals surface area contributed by atoms with Gasteiger partial charge in [0, 0.05) is 11.8 Å². The molecule has 3 nitrogen and oxygen atoms in total. The smallest absolute Gasteiger partial charge is 0.362 e. The van der Waals surface area contributed by atoms with Crippen LogP contribution in [0.2, 0.25) is 0 Å². The zero-order chi connectivity index (χ0) is 19.1. The first-order chi connectivity index (χ1) is 13.2. The van der Waals surface area contributed by atoms with Crippen molar-refractivity contribution >= 4 is 11.9 Å². The Balaban J connectivity index is 2.01. The van der Waals surface area contributed by atoms with Gasteiger partial charge in [-0.2, -0.15) is 0 Å². The molecule has 3 aromatic rings. The predicted octanol–water partition coefficient (Wildman–Crippen LogP) is 6.10. The number of hydrogen-bond donors (Lipinski definition) is 0. The van der Waals surface area contributed by atoms with Crippen LogP contribution in [0.1, 0.15) is 42.9 Å². The minimum Gasteiger partial charge on any atom is -0.421 e. The number of unbranched alkanes of at least 4 members (excludes halogenated alkanes) is 2. The van der Waals surface area contributed by atoms with E-state index in [0.717, 1.165) is 47.9 Å². The average molecular weight is 359 g/mol. The van der Waals surface area contributed by atoms with Crippen LogP contribution in [0.3, 0.4) is 0 Å². The van der Waals surface area contributed by atoms with E-state index in [9.17, 15) is 4.79 Å². The van der Waals surface area contributed by atoms with Crippen molar-refractivity contribution in [3.05, 3.63) is 87.8 Å². The number of hydrogen-bond acceptors (Lipinski definition) is 3. The van der Waals surface area contributed by atoms with Crippen LogP contribution < -0.4 is 5.63 Å². The summed E-state index contributed by atoms with van der Waals surface area (Å²) in [5, 5.41) is 0. The first-order valence-corrected chi connectivity index (χ1v) is 9.51. The second kappa shape index (κ2) is 9.13. The molecular weight excluding hydrogens is 334 g/mol. The maximum absolute atomic E-state index is 12.7. The van der Waals surface area contributed by atoms with Crippen molar-refractivity contribution in [2.75, 3.05) is 0 Å². The Morgan fingerprint density at radius 1 is 1.00 bits per heavy atom. The molecule has 27 heavy (non-hydrogen) atoms. The van der Waals surface area contributed by atoms with E-state index >= 15 is 0 Å². The lowest BCUT2D eigenvalue weighted by Crippen LogP contribution is -2.04. The third kappa shape index (κ3) is 4.82. The average Bonchev–Trinajstić information content (AvgIpc) is 2.69. The van der Waals surface area contributed by atoms with Crippen LogP contribution in [0.25, 0.3) is 11.3 Å². The molecule has 0 N–H and O–H groups in total. The van der Waals surface area contributed by atoms with Gasteiger partial charge in [0.1, 0.15) is 5.76 Å². The van der Waals surface area contributed by atoms with Crippen LogP contribution in [0.5, 0.6) is 0 Å². The Hall–Kier alpha value is -2.94.